The Morgan fingerprint density at radius 2 is 1.80 bits per heavy atom. The molecule has 0 spiro atoms. The number of ether oxygens (including phenoxy) is 2. The second-order valence-corrected chi connectivity index (χ2v) is 16.9. The van der Waals surface area contributed by atoms with Crippen LogP contribution in [0, 0.1) is 0 Å². The van der Waals surface area contributed by atoms with E-state index in [2.05, 4.69) is 33.9 Å². The third-order valence-electron chi connectivity index (χ3n) is 8.19. The van der Waals surface area contributed by atoms with Gasteiger partial charge in [-0.15, -0.1) is 0 Å². The quantitative estimate of drug-likeness (QED) is 0.234. The largest absolute Gasteiger partial charge is 0.494 e. The van der Waals surface area contributed by atoms with Crippen LogP contribution in [-0.2, 0) is 9.22 Å². The number of carbonyl (C=O) groups excluding carboxylic acids is 1. The van der Waals surface area contributed by atoms with Crippen molar-refractivity contribution in [3.63, 3.8) is 0 Å². The summed E-state index contributed by atoms with van der Waals surface area (Å²) in [5.41, 5.74) is 3.37. The number of imide groups is 1. The molecule has 1 N–H and O–H groups in total. The molecule has 40 heavy (non-hydrogen) atoms. The zero-order chi connectivity index (χ0) is 29.1. The minimum Gasteiger partial charge on any atom is -0.494 e. The van der Waals surface area contributed by atoms with Crippen molar-refractivity contribution < 1.29 is 28.6 Å². The van der Waals surface area contributed by atoms with Gasteiger partial charge in [-0.3, -0.25) is 4.79 Å². The molecule has 4 rings (SSSR count). The molecule has 0 radical (unpaired) electrons. The van der Waals surface area contributed by atoms with Crippen LogP contribution in [0.15, 0.2) is 42.5 Å². The Morgan fingerprint density at radius 1 is 1.10 bits per heavy atom. The molecule has 1 aliphatic heterocycles. The molecule has 1 aromatic heterocycles. The molecule has 0 unspecified atom stereocenters. The van der Waals surface area contributed by atoms with Crippen LogP contribution in [0.25, 0.3) is 5.57 Å². The molecule has 0 bridgehead atoms. The van der Waals surface area contributed by atoms with Crippen LogP contribution in [0.3, 0.4) is 0 Å². The lowest BCUT2D eigenvalue weighted by Gasteiger charge is -2.36. The van der Waals surface area contributed by atoms with Crippen molar-refractivity contribution in [1.29, 1.82) is 0 Å². The summed E-state index contributed by atoms with van der Waals surface area (Å²) in [5.74, 6) is 1.42. The van der Waals surface area contributed by atoms with Gasteiger partial charge in [-0.25, -0.2) is 14.7 Å². The molecule has 2 aromatic rings. The van der Waals surface area contributed by atoms with Gasteiger partial charge in [0.25, 0.3) is 0 Å². The van der Waals surface area contributed by atoms with E-state index in [1.165, 1.54) is 0 Å². The number of aromatic nitrogens is 1. The van der Waals surface area contributed by atoms with Gasteiger partial charge >= 0.3 is 6.09 Å². The average molecular weight is 567 g/mol. The average Bonchev–Trinajstić information content (AvgIpc) is 3.68. The predicted octanol–water partition coefficient (Wildman–Crippen LogP) is 6.86. The first-order valence-corrected chi connectivity index (χ1v) is 17.0. The van der Waals surface area contributed by atoms with Crippen molar-refractivity contribution in [3.05, 3.63) is 59.3 Å². The number of hydrogen-bond donors (Lipinski definition) is 1. The summed E-state index contributed by atoms with van der Waals surface area (Å²) >= 11 is 0. The second-order valence-electron chi connectivity index (χ2n) is 12.1. The topological polar surface area (TPSA) is 98.2 Å². The normalized spacial score (nSPS) is 18.2. The highest BCUT2D eigenvalue weighted by Crippen LogP contribution is 2.44. The van der Waals surface area contributed by atoms with Crippen LogP contribution in [-0.4, -0.2) is 61.7 Å². The molecular weight excluding hydrogens is 524 g/mol. The molecular formula is C31H42N2O6Si. The first-order valence-electron chi connectivity index (χ1n) is 14.1. The van der Waals surface area contributed by atoms with Gasteiger partial charge in [0.1, 0.15) is 5.75 Å². The minimum absolute atomic E-state index is 0.180. The summed E-state index contributed by atoms with van der Waals surface area (Å²) in [4.78, 5) is 29.8. The Morgan fingerprint density at radius 3 is 2.40 bits per heavy atom. The number of methoxy groups -OCH3 is 1. The van der Waals surface area contributed by atoms with Crippen LogP contribution in [0.2, 0.25) is 18.1 Å². The smallest absolute Gasteiger partial charge is 0.414 e. The molecule has 2 aliphatic rings. The maximum atomic E-state index is 12.3. The van der Waals surface area contributed by atoms with Crippen molar-refractivity contribution in [2.24, 2.45) is 0 Å². The van der Waals surface area contributed by atoms with Crippen molar-refractivity contribution in [3.8, 4) is 11.6 Å². The van der Waals surface area contributed by atoms with Gasteiger partial charge in [0.05, 0.1) is 25.5 Å². The van der Waals surface area contributed by atoms with Crippen molar-refractivity contribution in [2.75, 3.05) is 20.3 Å². The maximum Gasteiger partial charge on any atom is 0.414 e. The SMILES string of the molecule is COc1nc(/C(=C/[C@H]2CCC(=O)N2C(=O)O)c2ccc(OCCCO[Si](C)(C)C(C)(C)C)cc2)ccc1C1CC1. The Kier molecular flexibility index (Phi) is 9.05. The van der Waals surface area contributed by atoms with E-state index in [4.69, 9.17) is 18.9 Å². The number of carbonyl (C=O) groups is 2. The maximum absolute atomic E-state index is 12.3. The lowest BCUT2D eigenvalue weighted by molar-refractivity contribution is -0.126. The zero-order valence-electron chi connectivity index (χ0n) is 24.5. The highest BCUT2D eigenvalue weighted by atomic mass is 28.4. The summed E-state index contributed by atoms with van der Waals surface area (Å²) < 4.78 is 17.8. The number of amides is 2. The van der Waals surface area contributed by atoms with E-state index >= 15 is 0 Å². The summed E-state index contributed by atoms with van der Waals surface area (Å²) in [6.07, 6.45) is 4.29. The molecule has 1 aromatic carbocycles. The number of likely N-dealkylation sites (tertiary alicyclic amines) is 1. The van der Waals surface area contributed by atoms with E-state index in [1.54, 1.807) is 7.11 Å². The van der Waals surface area contributed by atoms with E-state index in [0.717, 1.165) is 46.6 Å². The van der Waals surface area contributed by atoms with Gasteiger partial charge in [0.2, 0.25) is 11.8 Å². The van der Waals surface area contributed by atoms with E-state index < -0.39 is 20.5 Å². The van der Waals surface area contributed by atoms with Gasteiger partial charge in [0, 0.05) is 30.6 Å². The Bertz CT molecular complexity index is 1250. The Hall–Kier alpha value is -3.17. The Labute approximate surface area is 238 Å². The lowest BCUT2D eigenvalue weighted by Crippen LogP contribution is -2.41. The first-order chi connectivity index (χ1) is 18.9. The summed E-state index contributed by atoms with van der Waals surface area (Å²) in [7, 11) is -0.152. The fourth-order valence-electron chi connectivity index (χ4n) is 4.63. The van der Waals surface area contributed by atoms with Crippen LogP contribution in [0.4, 0.5) is 4.79 Å². The van der Waals surface area contributed by atoms with Crippen LogP contribution in [0.1, 0.15) is 75.6 Å². The lowest BCUT2D eigenvalue weighted by atomic mass is 9.98. The molecule has 2 fully saturated rings. The summed E-state index contributed by atoms with van der Waals surface area (Å²) in [6, 6.07) is 11.1. The molecule has 2 amide bonds. The van der Waals surface area contributed by atoms with Crippen LogP contribution in [0.5, 0.6) is 11.6 Å². The number of nitrogens with zero attached hydrogens (tertiary/aromatic N) is 2. The third-order valence-corrected chi connectivity index (χ3v) is 12.7. The summed E-state index contributed by atoms with van der Waals surface area (Å²) in [5, 5.41) is 9.83. The molecule has 1 saturated heterocycles. The molecule has 8 nitrogen and oxygen atoms in total. The third kappa shape index (κ3) is 6.93. The highest BCUT2D eigenvalue weighted by molar-refractivity contribution is 6.74. The van der Waals surface area contributed by atoms with Crippen LogP contribution >= 0.6 is 0 Å². The number of benzene rings is 1. The number of pyridine rings is 1. The molecule has 9 heteroatoms. The van der Waals surface area contributed by atoms with Crippen molar-refractivity contribution >= 4 is 25.9 Å². The molecule has 216 valence electrons. The highest BCUT2D eigenvalue weighted by Gasteiger charge is 2.37. The Balaban J connectivity index is 1.52. The van der Waals surface area contributed by atoms with Crippen LogP contribution < -0.4 is 9.47 Å². The monoisotopic (exact) mass is 566 g/mol. The standard InChI is InChI=1S/C31H42N2O6Si/c1-31(2,3)40(5,6)39-19-7-18-38-24-13-10-22(11-14-24)26(20-23-12-17-28(34)33(23)30(35)36)27-16-15-25(21-8-9-21)29(32-27)37-4/h10-11,13-16,20-21,23H,7-9,12,17-19H2,1-6H3,(H,35,36)/b26-20+/t23-/m1/s1. The van der Waals surface area contributed by atoms with E-state index in [1.807, 2.05) is 42.5 Å². The number of carboxylic acid groups (broad SMARTS) is 1. The molecule has 1 aliphatic carbocycles. The first kappa shape index (κ1) is 29.8. The predicted molar refractivity (Wildman–Crippen MR) is 157 cm³/mol. The summed E-state index contributed by atoms with van der Waals surface area (Å²) in [6.45, 7) is 12.4. The van der Waals surface area contributed by atoms with E-state index in [-0.39, 0.29) is 17.4 Å². The van der Waals surface area contributed by atoms with Gasteiger partial charge in [-0.1, -0.05) is 45.0 Å². The fraction of sp³-hybridized carbons (Fsp3) is 0.516. The van der Waals surface area contributed by atoms with E-state index in [9.17, 15) is 14.7 Å². The van der Waals surface area contributed by atoms with Crippen molar-refractivity contribution in [2.45, 2.75) is 83.0 Å². The van der Waals surface area contributed by atoms with Gasteiger partial charge in [-0.05, 0) is 67.1 Å². The number of hydrogen-bond acceptors (Lipinski definition) is 6. The number of rotatable bonds is 11. The molecule has 1 saturated carbocycles. The van der Waals surface area contributed by atoms with Gasteiger partial charge < -0.3 is 19.0 Å². The molecule has 1 atom stereocenters. The van der Waals surface area contributed by atoms with Crippen molar-refractivity contribution in [1.82, 2.24) is 9.88 Å². The minimum atomic E-state index is -1.77. The van der Waals surface area contributed by atoms with E-state index in [0.29, 0.717) is 37.1 Å². The molecule has 2 heterocycles. The van der Waals surface area contributed by atoms with Gasteiger partial charge in [-0.2, -0.15) is 0 Å². The van der Waals surface area contributed by atoms with Gasteiger partial charge in [0.15, 0.2) is 8.32 Å². The zero-order valence-corrected chi connectivity index (χ0v) is 25.5. The second kappa shape index (κ2) is 12.1. The fourth-order valence-corrected chi connectivity index (χ4v) is 5.72.